The molecule has 2 rings (SSSR count). The van der Waals surface area contributed by atoms with Crippen LogP contribution in [0.5, 0.6) is 0 Å². The van der Waals surface area contributed by atoms with Gasteiger partial charge < -0.3 is 15.5 Å². The van der Waals surface area contributed by atoms with E-state index in [1.165, 1.54) is 24.3 Å². The predicted octanol–water partition coefficient (Wildman–Crippen LogP) is -0.244. The van der Waals surface area contributed by atoms with E-state index in [1.807, 2.05) is 0 Å². The summed E-state index contributed by atoms with van der Waals surface area (Å²) in [5.74, 6) is -0.555. The SMILES string of the molecule is O=C(NCC(=O)N1CCNCC1)c1ccc([N+](=O)[O-])cc1. The summed E-state index contributed by atoms with van der Waals surface area (Å²) in [7, 11) is 0. The zero-order chi connectivity index (χ0) is 15.2. The Morgan fingerprint density at radius 3 is 2.43 bits per heavy atom. The summed E-state index contributed by atoms with van der Waals surface area (Å²) in [6.45, 7) is 2.69. The average Bonchev–Trinajstić information content (AvgIpc) is 2.53. The van der Waals surface area contributed by atoms with Gasteiger partial charge in [-0.3, -0.25) is 19.7 Å². The predicted molar refractivity (Wildman–Crippen MR) is 74.9 cm³/mol. The molecule has 1 saturated heterocycles. The lowest BCUT2D eigenvalue weighted by atomic mass is 10.2. The second kappa shape index (κ2) is 6.80. The van der Waals surface area contributed by atoms with Crippen LogP contribution >= 0.6 is 0 Å². The fraction of sp³-hybridized carbons (Fsp3) is 0.385. The van der Waals surface area contributed by atoms with E-state index < -0.39 is 10.8 Å². The molecule has 0 spiro atoms. The van der Waals surface area contributed by atoms with E-state index >= 15 is 0 Å². The molecule has 21 heavy (non-hydrogen) atoms. The van der Waals surface area contributed by atoms with Gasteiger partial charge in [-0.05, 0) is 12.1 Å². The number of piperazine rings is 1. The lowest BCUT2D eigenvalue weighted by molar-refractivity contribution is -0.384. The van der Waals surface area contributed by atoms with Crippen LogP contribution < -0.4 is 10.6 Å². The van der Waals surface area contributed by atoms with Gasteiger partial charge in [0.05, 0.1) is 11.5 Å². The minimum Gasteiger partial charge on any atom is -0.343 e. The van der Waals surface area contributed by atoms with Gasteiger partial charge in [-0.1, -0.05) is 0 Å². The molecule has 0 atom stereocenters. The van der Waals surface area contributed by atoms with Gasteiger partial charge in [0.2, 0.25) is 5.91 Å². The van der Waals surface area contributed by atoms with Crippen molar-refractivity contribution in [2.45, 2.75) is 0 Å². The first-order chi connectivity index (χ1) is 10.1. The Labute approximate surface area is 121 Å². The zero-order valence-corrected chi connectivity index (χ0v) is 11.4. The third-order valence-electron chi connectivity index (χ3n) is 3.21. The number of nitro groups is 1. The minimum absolute atomic E-state index is 0.0736. The lowest BCUT2D eigenvalue weighted by Crippen LogP contribution is -2.49. The minimum atomic E-state index is -0.532. The maximum atomic E-state index is 11.9. The number of nitro benzene ring substituents is 1. The highest BCUT2D eigenvalue weighted by molar-refractivity contribution is 5.96. The Bertz CT molecular complexity index is 538. The van der Waals surface area contributed by atoms with E-state index in [0.29, 0.717) is 13.1 Å². The lowest BCUT2D eigenvalue weighted by Gasteiger charge is -2.27. The van der Waals surface area contributed by atoms with E-state index in [9.17, 15) is 19.7 Å². The highest BCUT2D eigenvalue weighted by Crippen LogP contribution is 2.11. The molecular weight excluding hydrogens is 276 g/mol. The Balaban J connectivity index is 1.86. The third kappa shape index (κ3) is 3.99. The fourth-order valence-electron chi connectivity index (χ4n) is 2.02. The van der Waals surface area contributed by atoms with Gasteiger partial charge in [0.1, 0.15) is 0 Å². The largest absolute Gasteiger partial charge is 0.343 e. The van der Waals surface area contributed by atoms with Crippen LogP contribution in [-0.4, -0.2) is 54.4 Å². The van der Waals surface area contributed by atoms with Crippen molar-refractivity contribution in [2.75, 3.05) is 32.7 Å². The highest BCUT2D eigenvalue weighted by atomic mass is 16.6. The first-order valence-electron chi connectivity index (χ1n) is 6.59. The molecule has 1 aliphatic rings. The van der Waals surface area contributed by atoms with Crippen LogP contribution in [0.15, 0.2) is 24.3 Å². The van der Waals surface area contributed by atoms with Crippen molar-refractivity contribution in [1.29, 1.82) is 0 Å². The van der Waals surface area contributed by atoms with Crippen LogP contribution in [0.4, 0.5) is 5.69 Å². The number of rotatable bonds is 4. The average molecular weight is 292 g/mol. The molecule has 8 nitrogen and oxygen atoms in total. The van der Waals surface area contributed by atoms with Crippen molar-refractivity contribution >= 4 is 17.5 Å². The maximum Gasteiger partial charge on any atom is 0.269 e. The number of non-ortho nitro benzene ring substituents is 1. The van der Waals surface area contributed by atoms with Crippen LogP contribution in [0.2, 0.25) is 0 Å². The van der Waals surface area contributed by atoms with E-state index in [1.54, 1.807) is 4.90 Å². The van der Waals surface area contributed by atoms with Gasteiger partial charge >= 0.3 is 0 Å². The van der Waals surface area contributed by atoms with E-state index in [-0.39, 0.29) is 23.7 Å². The number of benzene rings is 1. The number of nitrogens with zero attached hydrogens (tertiary/aromatic N) is 2. The van der Waals surface area contributed by atoms with Gasteiger partial charge in [0.15, 0.2) is 0 Å². The first kappa shape index (κ1) is 14.9. The molecule has 0 bridgehead atoms. The molecule has 8 heteroatoms. The molecule has 2 N–H and O–H groups in total. The number of hydrogen-bond donors (Lipinski definition) is 2. The Kier molecular flexibility index (Phi) is 4.83. The normalized spacial score (nSPS) is 14.6. The summed E-state index contributed by atoms with van der Waals surface area (Å²) in [6.07, 6.45) is 0. The standard InChI is InChI=1S/C13H16N4O4/c18-12(16-7-5-14-6-8-16)9-15-13(19)10-1-3-11(4-2-10)17(20)21/h1-4,14H,5-9H2,(H,15,19). The van der Waals surface area contributed by atoms with Gasteiger partial charge in [-0.25, -0.2) is 0 Å². The molecule has 112 valence electrons. The van der Waals surface area contributed by atoms with Gasteiger partial charge in [0.25, 0.3) is 11.6 Å². The van der Waals surface area contributed by atoms with Crippen molar-refractivity contribution in [2.24, 2.45) is 0 Å². The zero-order valence-electron chi connectivity index (χ0n) is 11.4. The molecule has 1 heterocycles. The Morgan fingerprint density at radius 2 is 1.86 bits per heavy atom. The molecule has 0 saturated carbocycles. The molecule has 0 aromatic heterocycles. The fourth-order valence-corrected chi connectivity index (χ4v) is 2.02. The number of hydrogen-bond acceptors (Lipinski definition) is 5. The summed E-state index contributed by atoms with van der Waals surface area (Å²) < 4.78 is 0. The third-order valence-corrected chi connectivity index (χ3v) is 3.21. The second-order valence-electron chi connectivity index (χ2n) is 4.62. The smallest absolute Gasteiger partial charge is 0.269 e. The quantitative estimate of drug-likeness (QED) is 0.588. The van der Waals surface area contributed by atoms with Crippen LogP contribution in [-0.2, 0) is 4.79 Å². The van der Waals surface area contributed by atoms with Crippen molar-refractivity contribution in [1.82, 2.24) is 15.5 Å². The van der Waals surface area contributed by atoms with E-state index in [4.69, 9.17) is 0 Å². The summed E-state index contributed by atoms with van der Waals surface area (Å²) in [4.78, 5) is 35.4. The molecule has 0 radical (unpaired) electrons. The molecular formula is C13H16N4O4. The van der Waals surface area contributed by atoms with Crippen molar-refractivity contribution in [3.63, 3.8) is 0 Å². The van der Waals surface area contributed by atoms with E-state index in [2.05, 4.69) is 10.6 Å². The molecule has 0 aliphatic carbocycles. The summed E-state index contributed by atoms with van der Waals surface area (Å²) in [6, 6.07) is 5.24. The summed E-state index contributed by atoms with van der Waals surface area (Å²) in [5.41, 5.74) is 0.206. The molecule has 0 unspecified atom stereocenters. The highest BCUT2D eigenvalue weighted by Gasteiger charge is 2.17. The van der Waals surface area contributed by atoms with Gasteiger partial charge in [-0.15, -0.1) is 0 Å². The molecule has 1 aromatic carbocycles. The number of carbonyl (C=O) groups excluding carboxylic acids is 2. The summed E-state index contributed by atoms with van der Waals surface area (Å²) in [5, 5.41) is 16.2. The van der Waals surface area contributed by atoms with Crippen LogP contribution in [0.25, 0.3) is 0 Å². The second-order valence-corrected chi connectivity index (χ2v) is 4.62. The molecule has 1 fully saturated rings. The first-order valence-corrected chi connectivity index (χ1v) is 6.59. The Morgan fingerprint density at radius 1 is 1.24 bits per heavy atom. The van der Waals surface area contributed by atoms with Crippen molar-refractivity contribution in [3.8, 4) is 0 Å². The number of carbonyl (C=O) groups is 2. The maximum absolute atomic E-state index is 11.9. The number of amides is 2. The van der Waals surface area contributed by atoms with Crippen molar-refractivity contribution < 1.29 is 14.5 Å². The van der Waals surface area contributed by atoms with Crippen LogP contribution in [0.3, 0.4) is 0 Å². The Hall–Kier alpha value is -2.48. The van der Waals surface area contributed by atoms with Gasteiger partial charge in [0, 0.05) is 43.9 Å². The monoisotopic (exact) mass is 292 g/mol. The topological polar surface area (TPSA) is 105 Å². The number of nitrogens with one attached hydrogen (secondary N) is 2. The molecule has 1 aliphatic heterocycles. The van der Waals surface area contributed by atoms with Crippen LogP contribution in [0, 0.1) is 10.1 Å². The molecule has 2 amide bonds. The summed E-state index contributed by atoms with van der Waals surface area (Å²) >= 11 is 0. The van der Waals surface area contributed by atoms with Crippen molar-refractivity contribution in [3.05, 3.63) is 39.9 Å². The van der Waals surface area contributed by atoms with Crippen LogP contribution in [0.1, 0.15) is 10.4 Å². The molecule has 1 aromatic rings. The van der Waals surface area contributed by atoms with E-state index in [0.717, 1.165) is 13.1 Å². The van der Waals surface area contributed by atoms with Gasteiger partial charge in [-0.2, -0.15) is 0 Å².